The van der Waals surface area contributed by atoms with Crippen LogP contribution in [0.25, 0.3) is 0 Å². The molecule has 0 amide bonds. The van der Waals surface area contributed by atoms with E-state index >= 15 is 0 Å². The number of hydroxylamine groups is 3. The van der Waals surface area contributed by atoms with E-state index in [4.69, 9.17) is 18.9 Å². The Kier molecular flexibility index (Phi) is 13.6. The lowest BCUT2D eigenvalue weighted by molar-refractivity contribution is -0.882. The van der Waals surface area contributed by atoms with Crippen molar-refractivity contribution in [1.82, 2.24) is 0 Å². The largest absolute Gasteiger partial charge is 0.633 e. The number of nitrogens with zero attached hydrogens (tertiary/aromatic N) is 1. The summed E-state index contributed by atoms with van der Waals surface area (Å²) in [5.41, 5.74) is 0. The Morgan fingerprint density at radius 1 is 0.800 bits per heavy atom. The van der Waals surface area contributed by atoms with Crippen LogP contribution < -0.4 is 0 Å². The van der Waals surface area contributed by atoms with Crippen LogP contribution in [0.1, 0.15) is 32.6 Å². The van der Waals surface area contributed by atoms with Gasteiger partial charge in [-0.2, -0.15) is 0 Å². The third-order valence-corrected chi connectivity index (χ3v) is 3.11. The first kappa shape index (κ1) is 19.8. The summed E-state index contributed by atoms with van der Waals surface area (Å²) in [4.78, 5) is 0. The molecule has 0 aliphatic carbocycles. The minimum Gasteiger partial charge on any atom is -0.633 e. The molecule has 0 unspecified atom stereocenters. The molecule has 0 radical (unpaired) electrons. The van der Waals surface area contributed by atoms with Gasteiger partial charge in [0.05, 0.1) is 19.8 Å². The third-order valence-electron chi connectivity index (χ3n) is 3.11. The number of unbranched alkanes of at least 4 members (excludes halogenated alkanes) is 3. The van der Waals surface area contributed by atoms with E-state index in [1.807, 2.05) is 0 Å². The van der Waals surface area contributed by atoms with Crippen molar-refractivity contribution in [2.75, 3.05) is 60.7 Å². The van der Waals surface area contributed by atoms with Crippen molar-refractivity contribution >= 4 is 0 Å². The Bertz CT molecular complexity index is 173. The molecule has 122 valence electrons. The highest BCUT2D eigenvalue weighted by atomic mass is 16.7. The van der Waals surface area contributed by atoms with Crippen LogP contribution in [0.3, 0.4) is 0 Å². The normalized spacial score (nSPS) is 12.0. The standard InChI is InChI=1S/C14H31NO5/c1-4-5-6-7-8-15(16,9-11-19-13-17-2)10-12-20-14-18-3/h4-14H2,1-3H3. The molecular weight excluding hydrogens is 262 g/mol. The third kappa shape index (κ3) is 11.6. The molecule has 20 heavy (non-hydrogen) atoms. The minimum absolute atomic E-state index is 0.232. The maximum absolute atomic E-state index is 12.7. The predicted octanol–water partition coefficient (Wildman–Crippen LogP) is 2.12. The Morgan fingerprint density at radius 2 is 1.35 bits per heavy atom. The van der Waals surface area contributed by atoms with Gasteiger partial charge < -0.3 is 28.8 Å². The van der Waals surface area contributed by atoms with Gasteiger partial charge in [0.1, 0.15) is 26.7 Å². The van der Waals surface area contributed by atoms with E-state index in [1.54, 1.807) is 14.2 Å². The highest BCUT2D eigenvalue weighted by Crippen LogP contribution is 2.09. The second kappa shape index (κ2) is 13.7. The van der Waals surface area contributed by atoms with Gasteiger partial charge in [0.25, 0.3) is 0 Å². The van der Waals surface area contributed by atoms with Gasteiger partial charge in [-0.1, -0.05) is 19.8 Å². The van der Waals surface area contributed by atoms with Gasteiger partial charge in [-0.3, -0.25) is 0 Å². The molecule has 0 N–H and O–H groups in total. The van der Waals surface area contributed by atoms with Crippen molar-refractivity contribution in [1.29, 1.82) is 0 Å². The van der Waals surface area contributed by atoms with Gasteiger partial charge >= 0.3 is 0 Å². The van der Waals surface area contributed by atoms with Crippen LogP contribution in [0.4, 0.5) is 0 Å². The zero-order valence-electron chi connectivity index (χ0n) is 13.3. The molecule has 6 heteroatoms. The lowest BCUT2D eigenvalue weighted by atomic mass is 10.2. The number of hydrogen-bond donors (Lipinski definition) is 0. The van der Waals surface area contributed by atoms with Crippen LogP contribution in [0.5, 0.6) is 0 Å². The molecule has 0 bridgehead atoms. The molecule has 0 spiro atoms. The maximum Gasteiger partial charge on any atom is 0.146 e. The maximum atomic E-state index is 12.7. The zero-order chi connectivity index (χ0) is 15.1. The summed E-state index contributed by atoms with van der Waals surface area (Å²) in [5, 5.41) is 12.7. The van der Waals surface area contributed by atoms with E-state index in [9.17, 15) is 5.21 Å². The van der Waals surface area contributed by atoms with E-state index in [0.29, 0.717) is 32.8 Å². The van der Waals surface area contributed by atoms with Crippen LogP contribution in [0, 0.1) is 5.21 Å². The predicted molar refractivity (Wildman–Crippen MR) is 78.0 cm³/mol. The monoisotopic (exact) mass is 293 g/mol. The molecule has 0 fully saturated rings. The smallest absolute Gasteiger partial charge is 0.146 e. The Hall–Kier alpha value is -0.240. The second-order valence-corrected chi connectivity index (χ2v) is 4.92. The molecule has 0 aromatic rings. The lowest BCUT2D eigenvalue weighted by Gasteiger charge is -2.42. The molecule has 0 aliphatic heterocycles. The van der Waals surface area contributed by atoms with Crippen molar-refractivity contribution in [3.63, 3.8) is 0 Å². The molecule has 0 saturated carbocycles. The summed E-state index contributed by atoms with van der Waals surface area (Å²) < 4.78 is 19.8. The van der Waals surface area contributed by atoms with E-state index in [0.717, 1.165) is 12.8 Å². The van der Waals surface area contributed by atoms with Crippen molar-refractivity contribution in [2.24, 2.45) is 0 Å². The van der Waals surface area contributed by atoms with E-state index < -0.39 is 0 Å². The molecule has 0 aromatic carbocycles. The number of ether oxygens (including phenoxy) is 4. The summed E-state index contributed by atoms with van der Waals surface area (Å²) in [5.74, 6) is 0. The van der Waals surface area contributed by atoms with Crippen LogP contribution in [-0.4, -0.2) is 65.3 Å². The van der Waals surface area contributed by atoms with E-state index in [-0.39, 0.29) is 18.2 Å². The molecule has 0 heterocycles. The van der Waals surface area contributed by atoms with Crippen molar-refractivity contribution < 1.29 is 23.6 Å². The highest BCUT2D eigenvalue weighted by Gasteiger charge is 2.16. The van der Waals surface area contributed by atoms with Crippen LogP contribution in [0.15, 0.2) is 0 Å². The van der Waals surface area contributed by atoms with Gasteiger partial charge in [-0.05, 0) is 12.8 Å². The Morgan fingerprint density at radius 3 is 1.80 bits per heavy atom. The molecule has 0 rings (SSSR count). The zero-order valence-corrected chi connectivity index (χ0v) is 13.3. The fourth-order valence-electron chi connectivity index (χ4n) is 1.91. The minimum atomic E-state index is -0.267. The van der Waals surface area contributed by atoms with Crippen molar-refractivity contribution in [3.8, 4) is 0 Å². The fraction of sp³-hybridized carbons (Fsp3) is 1.00. The van der Waals surface area contributed by atoms with Gasteiger partial charge in [0, 0.05) is 14.2 Å². The Labute approximate surface area is 123 Å². The topological polar surface area (TPSA) is 60.0 Å². The van der Waals surface area contributed by atoms with Crippen LogP contribution in [-0.2, 0) is 18.9 Å². The van der Waals surface area contributed by atoms with Gasteiger partial charge in [-0.15, -0.1) is 0 Å². The SMILES string of the molecule is CCCCCC[N+]([O-])(CCOCOC)CCOCOC. The Balaban J connectivity index is 3.98. The molecule has 6 nitrogen and oxygen atoms in total. The van der Waals surface area contributed by atoms with Gasteiger partial charge in [-0.25, -0.2) is 0 Å². The number of methoxy groups -OCH3 is 2. The first-order valence-electron chi connectivity index (χ1n) is 7.39. The summed E-state index contributed by atoms with van der Waals surface area (Å²) >= 11 is 0. The van der Waals surface area contributed by atoms with Crippen LogP contribution in [0.2, 0.25) is 0 Å². The van der Waals surface area contributed by atoms with Crippen LogP contribution >= 0.6 is 0 Å². The van der Waals surface area contributed by atoms with Crippen molar-refractivity contribution in [2.45, 2.75) is 32.6 Å². The molecular formula is C14H31NO5. The average Bonchev–Trinajstić information content (AvgIpc) is 2.45. The fourth-order valence-corrected chi connectivity index (χ4v) is 1.91. The first-order chi connectivity index (χ1) is 9.68. The number of quaternary nitrogens is 1. The quantitative estimate of drug-likeness (QED) is 0.200. The first-order valence-corrected chi connectivity index (χ1v) is 7.39. The number of hydrogen-bond acceptors (Lipinski definition) is 5. The van der Waals surface area contributed by atoms with E-state index in [2.05, 4.69) is 6.92 Å². The average molecular weight is 293 g/mol. The summed E-state index contributed by atoms with van der Waals surface area (Å²) in [7, 11) is 3.14. The molecule has 0 aromatic heterocycles. The summed E-state index contributed by atoms with van der Waals surface area (Å²) in [6, 6.07) is 0. The molecule has 0 atom stereocenters. The van der Waals surface area contributed by atoms with E-state index in [1.165, 1.54) is 12.8 Å². The van der Waals surface area contributed by atoms with Gasteiger partial charge in [0.15, 0.2) is 0 Å². The lowest BCUT2D eigenvalue weighted by Crippen LogP contribution is -2.47. The van der Waals surface area contributed by atoms with Gasteiger partial charge in [0.2, 0.25) is 0 Å². The summed E-state index contributed by atoms with van der Waals surface area (Å²) in [6.07, 6.45) is 4.41. The highest BCUT2D eigenvalue weighted by molar-refractivity contribution is 4.48. The molecule has 0 saturated heterocycles. The van der Waals surface area contributed by atoms with Crippen molar-refractivity contribution in [3.05, 3.63) is 5.21 Å². The molecule has 0 aliphatic rings. The second-order valence-electron chi connectivity index (χ2n) is 4.92. The number of rotatable bonds is 15. The summed E-state index contributed by atoms with van der Waals surface area (Å²) in [6.45, 7) is 4.94.